The van der Waals surface area contributed by atoms with Gasteiger partial charge in [0.2, 0.25) is 0 Å². The number of hydrogen-bond donors (Lipinski definition) is 0. The number of hydrogen-bond acceptors (Lipinski definition) is 5. The van der Waals surface area contributed by atoms with Crippen molar-refractivity contribution in [3.8, 4) is 11.5 Å². The lowest BCUT2D eigenvalue weighted by atomic mass is 10.1. The maximum atomic E-state index is 12.6. The Balaban J connectivity index is 1.80. The number of nitrogens with zero attached hydrogens (tertiary/aromatic N) is 1. The molecule has 1 saturated heterocycles. The van der Waals surface area contributed by atoms with Gasteiger partial charge in [-0.1, -0.05) is 43.3 Å². The SMILES string of the molecule is CCOc1cc(/C=C2/SC(=O)N([C@@H](C)CC)C2=O)ccc1OCc1ccccc1. The number of amides is 2. The third-order valence-corrected chi connectivity index (χ3v) is 5.54. The first kappa shape index (κ1) is 21.0. The minimum atomic E-state index is -0.239. The number of ether oxygens (including phenoxy) is 2. The van der Waals surface area contributed by atoms with E-state index < -0.39 is 0 Å². The Morgan fingerprint density at radius 3 is 2.48 bits per heavy atom. The number of carbonyl (C=O) groups is 2. The lowest BCUT2D eigenvalue weighted by Gasteiger charge is -2.19. The number of rotatable bonds is 8. The fraction of sp³-hybridized carbons (Fsp3) is 0.304. The van der Waals surface area contributed by atoms with Gasteiger partial charge in [0.15, 0.2) is 11.5 Å². The third-order valence-electron chi connectivity index (χ3n) is 4.66. The monoisotopic (exact) mass is 411 g/mol. The van der Waals surface area contributed by atoms with Crippen LogP contribution in [0.1, 0.15) is 38.3 Å². The summed E-state index contributed by atoms with van der Waals surface area (Å²) in [7, 11) is 0. The molecular formula is C23H25NO4S. The van der Waals surface area contributed by atoms with Crippen LogP contribution in [0, 0.1) is 0 Å². The zero-order valence-corrected chi connectivity index (χ0v) is 17.7. The molecule has 0 radical (unpaired) electrons. The molecule has 0 spiro atoms. The summed E-state index contributed by atoms with van der Waals surface area (Å²) in [4.78, 5) is 26.6. The topological polar surface area (TPSA) is 55.8 Å². The number of thioether (sulfide) groups is 1. The summed E-state index contributed by atoms with van der Waals surface area (Å²) in [6.07, 6.45) is 2.46. The van der Waals surface area contributed by atoms with E-state index in [2.05, 4.69) is 0 Å². The molecular weight excluding hydrogens is 386 g/mol. The molecule has 2 amide bonds. The summed E-state index contributed by atoms with van der Waals surface area (Å²) >= 11 is 0.978. The van der Waals surface area contributed by atoms with Gasteiger partial charge in [0.25, 0.3) is 11.1 Å². The molecule has 1 heterocycles. The van der Waals surface area contributed by atoms with E-state index in [1.165, 1.54) is 4.90 Å². The van der Waals surface area contributed by atoms with Crippen molar-refractivity contribution in [3.63, 3.8) is 0 Å². The average molecular weight is 412 g/mol. The van der Waals surface area contributed by atoms with Crippen LogP contribution in [0.25, 0.3) is 6.08 Å². The quantitative estimate of drug-likeness (QED) is 0.537. The summed E-state index contributed by atoms with van der Waals surface area (Å²) in [5.74, 6) is 1.01. The van der Waals surface area contributed by atoms with Crippen LogP contribution in [0.4, 0.5) is 4.79 Å². The van der Waals surface area contributed by atoms with Crippen LogP contribution in [0.3, 0.4) is 0 Å². The summed E-state index contributed by atoms with van der Waals surface area (Å²) in [5.41, 5.74) is 1.85. The van der Waals surface area contributed by atoms with Crippen LogP contribution in [0.15, 0.2) is 53.4 Å². The predicted molar refractivity (Wildman–Crippen MR) is 116 cm³/mol. The van der Waals surface area contributed by atoms with E-state index in [1.807, 2.05) is 69.3 Å². The maximum absolute atomic E-state index is 12.6. The highest BCUT2D eigenvalue weighted by atomic mass is 32.2. The number of carbonyl (C=O) groups excluding carboxylic acids is 2. The molecule has 0 aromatic heterocycles. The molecule has 0 aliphatic carbocycles. The molecule has 1 fully saturated rings. The smallest absolute Gasteiger partial charge is 0.293 e. The first-order valence-electron chi connectivity index (χ1n) is 9.74. The largest absolute Gasteiger partial charge is 0.490 e. The van der Waals surface area contributed by atoms with Crippen molar-refractivity contribution in [2.75, 3.05) is 6.61 Å². The van der Waals surface area contributed by atoms with Gasteiger partial charge < -0.3 is 9.47 Å². The van der Waals surface area contributed by atoms with Gasteiger partial charge in [0.1, 0.15) is 6.61 Å². The van der Waals surface area contributed by atoms with Crippen molar-refractivity contribution in [2.45, 2.75) is 39.8 Å². The molecule has 2 aromatic carbocycles. The molecule has 1 atom stereocenters. The van der Waals surface area contributed by atoms with Crippen LogP contribution in [0.2, 0.25) is 0 Å². The number of imide groups is 1. The highest BCUT2D eigenvalue weighted by Crippen LogP contribution is 2.36. The van der Waals surface area contributed by atoms with E-state index in [0.717, 1.165) is 29.3 Å². The van der Waals surface area contributed by atoms with Gasteiger partial charge in [-0.2, -0.15) is 0 Å². The molecule has 1 aliphatic rings. The van der Waals surface area contributed by atoms with E-state index in [1.54, 1.807) is 6.08 Å². The molecule has 5 nitrogen and oxygen atoms in total. The fourth-order valence-electron chi connectivity index (χ4n) is 2.93. The zero-order chi connectivity index (χ0) is 20.8. The van der Waals surface area contributed by atoms with Crippen molar-refractivity contribution in [3.05, 3.63) is 64.6 Å². The van der Waals surface area contributed by atoms with Crippen LogP contribution in [-0.4, -0.2) is 28.7 Å². The first-order valence-corrected chi connectivity index (χ1v) is 10.6. The summed E-state index contributed by atoms with van der Waals surface area (Å²) in [5, 5.41) is -0.219. The van der Waals surface area contributed by atoms with Crippen molar-refractivity contribution in [2.24, 2.45) is 0 Å². The summed E-state index contributed by atoms with van der Waals surface area (Å²) in [6, 6.07) is 15.3. The lowest BCUT2D eigenvalue weighted by Crippen LogP contribution is -2.36. The maximum Gasteiger partial charge on any atom is 0.293 e. The van der Waals surface area contributed by atoms with E-state index >= 15 is 0 Å². The molecule has 152 valence electrons. The van der Waals surface area contributed by atoms with Gasteiger partial charge in [0.05, 0.1) is 11.5 Å². The van der Waals surface area contributed by atoms with Gasteiger partial charge >= 0.3 is 0 Å². The summed E-state index contributed by atoms with van der Waals surface area (Å²) < 4.78 is 11.7. The minimum Gasteiger partial charge on any atom is -0.490 e. The van der Waals surface area contributed by atoms with Crippen LogP contribution >= 0.6 is 11.8 Å². The van der Waals surface area contributed by atoms with Gasteiger partial charge in [-0.3, -0.25) is 14.5 Å². The highest BCUT2D eigenvalue weighted by Gasteiger charge is 2.37. The average Bonchev–Trinajstić information content (AvgIpc) is 3.01. The standard InChI is InChI=1S/C23H25NO4S/c1-4-16(3)24-22(25)21(29-23(24)26)14-18-11-12-19(20(13-18)27-5-2)28-15-17-9-7-6-8-10-17/h6-14,16H,4-5,15H2,1-3H3/b21-14+/t16-/m0/s1. The fourth-order valence-corrected chi connectivity index (χ4v) is 3.86. The molecule has 29 heavy (non-hydrogen) atoms. The first-order chi connectivity index (χ1) is 14.0. The van der Waals surface area contributed by atoms with E-state index in [0.29, 0.717) is 29.6 Å². The normalized spacial score (nSPS) is 16.4. The van der Waals surface area contributed by atoms with Crippen LogP contribution in [-0.2, 0) is 11.4 Å². The van der Waals surface area contributed by atoms with E-state index in [4.69, 9.17) is 9.47 Å². The molecule has 1 aliphatic heterocycles. The summed E-state index contributed by atoms with van der Waals surface area (Å²) in [6.45, 7) is 6.68. The Labute approximate surface area is 175 Å². The van der Waals surface area contributed by atoms with Crippen LogP contribution < -0.4 is 9.47 Å². The Morgan fingerprint density at radius 1 is 1.03 bits per heavy atom. The van der Waals surface area contributed by atoms with E-state index in [-0.39, 0.29) is 17.2 Å². The Kier molecular flexibility index (Phi) is 6.99. The molecule has 3 rings (SSSR count). The molecule has 6 heteroatoms. The molecule has 0 unspecified atom stereocenters. The minimum absolute atomic E-state index is 0.110. The van der Waals surface area contributed by atoms with Crippen molar-refractivity contribution in [1.82, 2.24) is 4.90 Å². The third kappa shape index (κ3) is 5.01. The predicted octanol–water partition coefficient (Wildman–Crippen LogP) is 5.50. The molecule has 0 bridgehead atoms. The Bertz CT molecular complexity index is 910. The molecule has 0 saturated carbocycles. The van der Waals surface area contributed by atoms with E-state index in [9.17, 15) is 9.59 Å². The van der Waals surface area contributed by atoms with Gasteiger partial charge in [-0.25, -0.2) is 0 Å². The van der Waals surface area contributed by atoms with Crippen molar-refractivity contribution < 1.29 is 19.1 Å². The second-order valence-electron chi connectivity index (χ2n) is 6.72. The molecule has 2 aromatic rings. The zero-order valence-electron chi connectivity index (χ0n) is 16.9. The van der Waals surface area contributed by atoms with Crippen LogP contribution in [0.5, 0.6) is 11.5 Å². The van der Waals surface area contributed by atoms with Crippen molar-refractivity contribution >= 4 is 29.0 Å². The highest BCUT2D eigenvalue weighted by molar-refractivity contribution is 8.18. The second-order valence-corrected chi connectivity index (χ2v) is 7.72. The lowest BCUT2D eigenvalue weighted by molar-refractivity contribution is -0.124. The van der Waals surface area contributed by atoms with Gasteiger partial charge in [-0.05, 0) is 61.4 Å². The van der Waals surface area contributed by atoms with Gasteiger partial charge in [0, 0.05) is 6.04 Å². The molecule has 0 N–H and O–H groups in total. The second kappa shape index (κ2) is 9.65. The Morgan fingerprint density at radius 2 is 1.79 bits per heavy atom. The van der Waals surface area contributed by atoms with Crippen molar-refractivity contribution in [1.29, 1.82) is 0 Å². The Hall–Kier alpha value is -2.73. The number of benzene rings is 2. The van der Waals surface area contributed by atoms with Gasteiger partial charge in [-0.15, -0.1) is 0 Å².